The molecule has 0 radical (unpaired) electrons. The van der Waals surface area contributed by atoms with Crippen molar-refractivity contribution in [2.45, 2.75) is 0 Å². The number of nitro benzene ring substituents is 1. The second-order valence-electron chi connectivity index (χ2n) is 2.68. The highest BCUT2D eigenvalue weighted by Gasteiger charge is 2.26. The van der Waals surface area contributed by atoms with Gasteiger partial charge in [-0.3, -0.25) is 14.7 Å². The van der Waals surface area contributed by atoms with E-state index in [-0.39, 0.29) is 21.6 Å². The Balaban J connectivity index is 2.89. The van der Waals surface area contributed by atoms with Crippen LogP contribution < -0.4 is 4.90 Å². The molecule has 0 bridgehead atoms. The van der Waals surface area contributed by atoms with Crippen molar-refractivity contribution < 1.29 is 14.5 Å². The molecule has 0 spiro atoms. The summed E-state index contributed by atoms with van der Waals surface area (Å²) in [5, 5.41) is 28.1. The van der Waals surface area contributed by atoms with E-state index in [4.69, 9.17) is 5.53 Å². The Hall–Kier alpha value is -2.87. The fourth-order valence-corrected chi connectivity index (χ4v) is 1.23. The van der Waals surface area contributed by atoms with Crippen molar-refractivity contribution in [1.29, 1.82) is 0 Å². The predicted octanol–water partition coefficient (Wildman–Crippen LogP) is 1.31. The van der Waals surface area contributed by atoms with Crippen LogP contribution in [-0.2, 0) is 0 Å². The van der Waals surface area contributed by atoms with Crippen molar-refractivity contribution in [3.8, 4) is 0 Å². The minimum Gasteiger partial charge on any atom is -0.359 e. The lowest BCUT2D eigenvalue weighted by molar-refractivity contribution is -0.782. The van der Waals surface area contributed by atoms with Crippen LogP contribution in [0.15, 0.2) is 21.9 Å². The van der Waals surface area contributed by atoms with Gasteiger partial charge in [-0.05, 0) is 22.6 Å². The van der Waals surface area contributed by atoms with Crippen LogP contribution in [0.4, 0.5) is 11.4 Å². The largest absolute Gasteiger partial charge is 0.359 e. The van der Waals surface area contributed by atoms with E-state index < -0.39 is 10.6 Å². The fraction of sp³-hybridized carbons (Fsp3) is 0. The SMILES string of the molecule is [N-]=[N+]=Nc1ccc2c(no[n+]2[O-])c1[N+](=O)[O-]. The first kappa shape index (κ1) is 9.68. The maximum atomic E-state index is 11.0. The number of azide groups is 1. The van der Waals surface area contributed by atoms with Crippen molar-refractivity contribution in [2.75, 3.05) is 0 Å². The second kappa shape index (κ2) is 3.37. The molecule has 1 heterocycles. The molecule has 0 amide bonds. The van der Waals surface area contributed by atoms with Crippen LogP contribution in [0, 0.1) is 15.3 Å². The molecule has 0 aliphatic carbocycles. The van der Waals surface area contributed by atoms with Gasteiger partial charge in [0.1, 0.15) is 5.69 Å². The third-order valence-corrected chi connectivity index (χ3v) is 1.85. The highest BCUT2D eigenvalue weighted by molar-refractivity contribution is 5.87. The van der Waals surface area contributed by atoms with Crippen LogP contribution in [0.1, 0.15) is 0 Å². The Morgan fingerprint density at radius 2 is 2.38 bits per heavy atom. The van der Waals surface area contributed by atoms with E-state index in [9.17, 15) is 15.3 Å². The zero-order valence-electron chi connectivity index (χ0n) is 7.47. The van der Waals surface area contributed by atoms with Gasteiger partial charge >= 0.3 is 11.2 Å². The molecule has 0 fully saturated rings. The Kier molecular flexibility index (Phi) is 2.04. The Morgan fingerprint density at radius 3 is 3.00 bits per heavy atom. The van der Waals surface area contributed by atoms with E-state index in [0.29, 0.717) is 0 Å². The summed E-state index contributed by atoms with van der Waals surface area (Å²) in [6.07, 6.45) is 0. The minimum atomic E-state index is -0.797. The van der Waals surface area contributed by atoms with Gasteiger partial charge < -0.3 is 5.21 Å². The lowest BCUT2D eigenvalue weighted by atomic mass is 10.2. The predicted molar refractivity (Wildman–Crippen MR) is 48.4 cm³/mol. The van der Waals surface area contributed by atoms with Gasteiger partial charge in [0, 0.05) is 4.91 Å². The Morgan fingerprint density at radius 1 is 1.62 bits per heavy atom. The third-order valence-electron chi connectivity index (χ3n) is 1.85. The number of hydrogen-bond donors (Lipinski definition) is 0. The molecule has 0 atom stereocenters. The molecule has 1 aromatic heterocycles. The molecule has 10 heteroatoms. The number of fused-ring (bicyclic) bond motifs is 1. The molecule has 1 aromatic carbocycles. The van der Waals surface area contributed by atoms with Gasteiger partial charge in [0.15, 0.2) is 0 Å². The summed E-state index contributed by atoms with van der Waals surface area (Å²) in [6.45, 7) is 0. The first-order valence-corrected chi connectivity index (χ1v) is 3.87. The lowest BCUT2D eigenvalue weighted by Gasteiger charge is -1.93. The number of rotatable bonds is 2. The first-order valence-electron chi connectivity index (χ1n) is 3.87. The highest BCUT2D eigenvalue weighted by atomic mass is 16.8. The van der Waals surface area contributed by atoms with E-state index in [0.717, 1.165) is 6.07 Å². The molecule has 0 N–H and O–H groups in total. The van der Waals surface area contributed by atoms with Crippen LogP contribution in [0.25, 0.3) is 21.5 Å². The zero-order valence-corrected chi connectivity index (χ0v) is 7.47. The lowest BCUT2D eigenvalue weighted by Crippen LogP contribution is -2.22. The average molecular weight is 222 g/mol. The summed E-state index contributed by atoms with van der Waals surface area (Å²) in [4.78, 5) is 12.4. The van der Waals surface area contributed by atoms with Crippen molar-refractivity contribution in [1.82, 2.24) is 5.16 Å². The van der Waals surface area contributed by atoms with Crippen LogP contribution in [-0.4, -0.2) is 10.1 Å². The van der Waals surface area contributed by atoms with E-state index in [2.05, 4.69) is 19.8 Å². The molecule has 0 saturated heterocycles. The fourth-order valence-electron chi connectivity index (χ4n) is 1.23. The molecular weight excluding hydrogens is 220 g/mol. The van der Waals surface area contributed by atoms with Gasteiger partial charge in [-0.15, -0.1) is 0 Å². The number of hydrogen-bond acceptors (Lipinski definition) is 6. The van der Waals surface area contributed by atoms with Crippen LogP contribution >= 0.6 is 0 Å². The summed E-state index contributed by atoms with van der Waals surface area (Å²) in [7, 11) is 0. The molecule has 0 aliphatic heterocycles. The molecule has 0 unspecified atom stereocenters. The molecular formula is C6H2N6O4. The van der Waals surface area contributed by atoms with E-state index in [1.54, 1.807) is 0 Å². The van der Waals surface area contributed by atoms with Crippen LogP contribution in [0.5, 0.6) is 0 Å². The standard InChI is InChI=1S/C6H2N6O4/c7-10-8-3-1-2-4-5(6(3)11(13)14)9-16-12(4)15/h1-2H. The first-order chi connectivity index (χ1) is 7.65. The topological polar surface area (TPSA) is 145 Å². The van der Waals surface area contributed by atoms with Crippen LogP contribution in [0.2, 0.25) is 0 Å². The monoisotopic (exact) mass is 222 g/mol. The summed E-state index contributed by atoms with van der Waals surface area (Å²) >= 11 is 0. The molecule has 80 valence electrons. The summed E-state index contributed by atoms with van der Waals surface area (Å²) < 4.78 is 4.21. The number of nitrogens with zero attached hydrogens (tertiary/aromatic N) is 6. The van der Waals surface area contributed by atoms with Crippen molar-refractivity contribution in [3.05, 3.63) is 37.9 Å². The molecule has 0 aliphatic rings. The van der Waals surface area contributed by atoms with E-state index in [1.807, 2.05) is 0 Å². The van der Waals surface area contributed by atoms with E-state index >= 15 is 0 Å². The van der Waals surface area contributed by atoms with Gasteiger partial charge in [-0.2, -0.15) is 0 Å². The van der Waals surface area contributed by atoms with Crippen LogP contribution in [0.3, 0.4) is 0 Å². The Bertz CT molecular complexity index is 627. The quantitative estimate of drug-likeness (QED) is 0.188. The van der Waals surface area contributed by atoms with Gasteiger partial charge in [-0.1, -0.05) is 5.11 Å². The maximum Gasteiger partial charge on any atom is 0.336 e. The zero-order chi connectivity index (χ0) is 11.7. The summed E-state index contributed by atoms with van der Waals surface area (Å²) in [5.74, 6) is 0. The molecule has 2 aromatic rings. The number of benzene rings is 1. The van der Waals surface area contributed by atoms with Crippen molar-refractivity contribution >= 4 is 22.4 Å². The molecule has 16 heavy (non-hydrogen) atoms. The maximum absolute atomic E-state index is 11.0. The number of nitro groups is 1. The average Bonchev–Trinajstić information content (AvgIpc) is 2.60. The van der Waals surface area contributed by atoms with Crippen molar-refractivity contribution in [2.24, 2.45) is 5.11 Å². The molecule has 0 saturated carbocycles. The molecule has 2 rings (SSSR count). The molecule has 10 nitrogen and oxygen atoms in total. The van der Waals surface area contributed by atoms with Gasteiger partial charge in [0.2, 0.25) is 5.52 Å². The normalized spacial score (nSPS) is 10.0. The smallest absolute Gasteiger partial charge is 0.336 e. The van der Waals surface area contributed by atoms with Gasteiger partial charge in [0.05, 0.1) is 10.1 Å². The number of aromatic nitrogens is 2. The van der Waals surface area contributed by atoms with Gasteiger partial charge in [-0.25, -0.2) is 0 Å². The highest BCUT2D eigenvalue weighted by Crippen LogP contribution is 2.33. The van der Waals surface area contributed by atoms with E-state index in [1.165, 1.54) is 6.07 Å². The van der Waals surface area contributed by atoms with Gasteiger partial charge in [0.25, 0.3) is 0 Å². The minimum absolute atomic E-state index is 0.0300. The van der Waals surface area contributed by atoms with Crippen molar-refractivity contribution in [3.63, 3.8) is 0 Å². The summed E-state index contributed by atoms with van der Waals surface area (Å²) in [6, 6.07) is 2.36. The summed E-state index contributed by atoms with van der Waals surface area (Å²) in [5.41, 5.74) is 7.07. The Labute approximate surface area is 86.0 Å². The second-order valence-corrected chi connectivity index (χ2v) is 2.68. The third kappa shape index (κ3) is 1.26.